The Morgan fingerprint density at radius 1 is 1.48 bits per heavy atom. The lowest BCUT2D eigenvalue weighted by atomic mass is 9.78. The number of benzene rings is 1. The number of aromatic amines is 1. The highest BCUT2D eigenvalue weighted by molar-refractivity contribution is 6.44. The Morgan fingerprint density at radius 2 is 2.32 bits per heavy atom. The van der Waals surface area contributed by atoms with Crippen molar-refractivity contribution in [1.29, 1.82) is 0 Å². The number of hydrogen-bond acceptors (Lipinski definition) is 7. The maximum atomic E-state index is 11.7. The van der Waals surface area contributed by atoms with Crippen molar-refractivity contribution in [3.05, 3.63) is 35.2 Å². The molecule has 9 nitrogen and oxygen atoms in total. The average molecular weight is 344 g/mol. The van der Waals surface area contributed by atoms with Crippen LogP contribution < -0.4 is 9.39 Å². The van der Waals surface area contributed by atoms with Crippen LogP contribution in [0.1, 0.15) is 21.6 Å². The van der Waals surface area contributed by atoms with Gasteiger partial charge in [-0.15, -0.1) is 0 Å². The van der Waals surface area contributed by atoms with Gasteiger partial charge in [-0.05, 0) is 24.4 Å². The van der Waals surface area contributed by atoms with Crippen molar-refractivity contribution in [2.45, 2.75) is 25.4 Å². The zero-order valence-electron chi connectivity index (χ0n) is 13.4. The molecule has 2 aromatic rings. The summed E-state index contributed by atoms with van der Waals surface area (Å²) in [6, 6.07) is 3.47. The number of fused-ring (bicyclic) bond motifs is 1. The third-order valence-electron chi connectivity index (χ3n) is 4.40. The van der Waals surface area contributed by atoms with Crippen LogP contribution in [0.15, 0.2) is 18.3 Å². The average Bonchev–Trinajstić information content (AvgIpc) is 3.05. The fourth-order valence-corrected chi connectivity index (χ4v) is 3.15. The molecule has 1 aromatic heterocycles. The number of carboxylic acids is 1. The SMILES string of the molecule is O=C(O)c1c(OC2CN(Cc3cn[nH]n3)C2)ccc2c1OB(O)CC2. The van der Waals surface area contributed by atoms with Gasteiger partial charge in [0.25, 0.3) is 0 Å². The van der Waals surface area contributed by atoms with Gasteiger partial charge < -0.3 is 19.5 Å². The van der Waals surface area contributed by atoms with E-state index in [2.05, 4.69) is 20.3 Å². The molecule has 0 radical (unpaired) electrons. The molecule has 25 heavy (non-hydrogen) atoms. The zero-order valence-corrected chi connectivity index (χ0v) is 13.4. The first-order chi connectivity index (χ1) is 12.1. The quantitative estimate of drug-likeness (QED) is 0.657. The number of ether oxygens (including phenoxy) is 1. The van der Waals surface area contributed by atoms with Gasteiger partial charge in [-0.1, -0.05) is 6.07 Å². The molecule has 1 saturated heterocycles. The molecule has 0 atom stereocenters. The molecule has 0 amide bonds. The van der Waals surface area contributed by atoms with E-state index in [0.717, 1.165) is 11.3 Å². The van der Waals surface area contributed by atoms with Crippen LogP contribution >= 0.6 is 0 Å². The number of rotatable bonds is 5. The summed E-state index contributed by atoms with van der Waals surface area (Å²) in [5.74, 6) is -0.645. The molecule has 0 bridgehead atoms. The van der Waals surface area contributed by atoms with Crippen molar-refractivity contribution < 1.29 is 24.3 Å². The normalized spacial score (nSPS) is 17.6. The van der Waals surface area contributed by atoms with Crippen LogP contribution in [0.4, 0.5) is 0 Å². The Labute approximate surface area is 143 Å². The smallest absolute Gasteiger partial charge is 0.522 e. The van der Waals surface area contributed by atoms with Crippen molar-refractivity contribution in [3.8, 4) is 11.5 Å². The second-order valence-electron chi connectivity index (χ2n) is 6.24. The summed E-state index contributed by atoms with van der Waals surface area (Å²) in [5, 5.41) is 29.6. The number of H-pyrrole nitrogens is 1. The summed E-state index contributed by atoms with van der Waals surface area (Å²) in [6.45, 7) is 2.01. The molecule has 0 unspecified atom stereocenters. The van der Waals surface area contributed by atoms with Crippen LogP contribution in [0.2, 0.25) is 6.32 Å². The summed E-state index contributed by atoms with van der Waals surface area (Å²) < 4.78 is 11.2. The molecule has 10 heteroatoms. The molecule has 0 aliphatic carbocycles. The summed E-state index contributed by atoms with van der Waals surface area (Å²) in [4.78, 5) is 13.8. The molecule has 1 aromatic carbocycles. The molecule has 2 aliphatic heterocycles. The van der Waals surface area contributed by atoms with Crippen molar-refractivity contribution in [2.75, 3.05) is 13.1 Å². The minimum atomic E-state index is -1.13. The summed E-state index contributed by atoms with van der Waals surface area (Å²) >= 11 is 0. The van der Waals surface area contributed by atoms with E-state index < -0.39 is 13.1 Å². The van der Waals surface area contributed by atoms with Crippen molar-refractivity contribution in [3.63, 3.8) is 0 Å². The highest BCUT2D eigenvalue weighted by Gasteiger charge is 2.33. The molecule has 130 valence electrons. The van der Waals surface area contributed by atoms with E-state index in [-0.39, 0.29) is 23.2 Å². The molecule has 2 aliphatic rings. The van der Waals surface area contributed by atoms with Gasteiger partial charge in [-0.2, -0.15) is 15.4 Å². The first kappa shape index (κ1) is 15.9. The monoisotopic (exact) mass is 344 g/mol. The standard InChI is InChI=1S/C15H17BN4O5/c21-15(22)13-12(2-1-9-3-4-16(23)25-14(9)13)24-11-7-20(8-11)6-10-5-17-19-18-10/h1-2,5,11,23H,3-4,6-8H2,(H,21,22)(H,17,18,19). The lowest BCUT2D eigenvalue weighted by Crippen LogP contribution is -2.53. The summed E-state index contributed by atoms with van der Waals surface area (Å²) in [5.41, 5.74) is 1.60. The van der Waals surface area contributed by atoms with E-state index in [9.17, 15) is 14.9 Å². The first-order valence-corrected chi connectivity index (χ1v) is 8.07. The number of aromatic carboxylic acids is 1. The Kier molecular flexibility index (Phi) is 4.06. The van der Waals surface area contributed by atoms with Gasteiger partial charge in [0.1, 0.15) is 23.2 Å². The van der Waals surface area contributed by atoms with E-state index in [4.69, 9.17) is 9.39 Å². The Bertz CT molecular complexity index is 778. The Hall–Kier alpha value is -2.59. The predicted molar refractivity (Wildman–Crippen MR) is 86.6 cm³/mol. The van der Waals surface area contributed by atoms with Crippen molar-refractivity contribution in [2.24, 2.45) is 0 Å². The van der Waals surface area contributed by atoms with Gasteiger partial charge in [0.05, 0.1) is 11.9 Å². The van der Waals surface area contributed by atoms with Crippen LogP contribution in [-0.4, -0.2) is 62.7 Å². The number of hydrogen-bond donors (Lipinski definition) is 3. The minimum Gasteiger partial charge on any atom is -0.535 e. The van der Waals surface area contributed by atoms with Gasteiger partial charge in [0, 0.05) is 19.6 Å². The number of aromatic nitrogens is 3. The molecule has 4 rings (SSSR count). The van der Waals surface area contributed by atoms with E-state index in [1.54, 1.807) is 18.3 Å². The van der Waals surface area contributed by atoms with Crippen LogP contribution in [0.25, 0.3) is 0 Å². The number of carboxylic acid groups (broad SMARTS) is 1. The van der Waals surface area contributed by atoms with Crippen LogP contribution in [-0.2, 0) is 13.0 Å². The number of likely N-dealkylation sites (tertiary alicyclic amines) is 1. The van der Waals surface area contributed by atoms with Gasteiger partial charge in [0.2, 0.25) is 0 Å². The lowest BCUT2D eigenvalue weighted by molar-refractivity contribution is 0.0127. The molecular formula is C15H17BN4O5. The van der Waals surface area contributed by atoms with Crippen LogP contribution in [0, 0.1) is 0 Å². The highest BCUT2D eigenvalue weighted by Crippen LogP contribution is 2.37. The second kappa shape index (κ2) is 6.38. The van der Waals surface area contributed by atoms with Crippen LogP contribution in [0.5, 0.6) is 11.5 Å². The number of nitrogens with zero attached hydrogens (tertiary/aromatic N) is 3. The van der Waals surface area contributed by atoms with E-state index in [0.29, 0.717) is 32.4 Å². The van der Waals surface area contributed by atoms with E-state index in [1.165, 1.54) is 0 Å². The number of aryl methyl sites for hydroxylation is 1. The van der Waals surface area contributed by atoms with E-state index >= 15 is 0 Å². The Balaban J connectivity index is 1.46. The molecule has 3 heterocycles. The minimum absolute atomic E-state index is 0.0220. The third kappa shape index (κ3) is 3.18. The Morgan fingerprint density at radius 3 is 3.04 bits per heavy atom. The lowest BCUT2D eigenvalue weighted by Gasteiger charge is -2.38. The molecule has 0 saturated carbocycles. The second-order valence-corrected chi connectivity index (χ2v) is 6.24. The van der Waals surface area contributed by atoms with Gasteiger partial charge in [-0.3, -0.25) is 4.90 Å². The largest absolute Gasteiger partial charge is 0.535 e. The highest BCUT2D eigenvalue weighted by atomic mass is 16.5. The number of carbonyl (C=O) groups is 1. The topological polar surface area (TPSA) is 121 Å². The number of nitrogens with one attached hydrogen (secondary N) is 1. The van der Waals surface area contributed by atoms with Crippen molar-refractivity contribution >= 4 is 13.1 Å². The molecule has 0 spiro atoms. The molecule has 3 N–H and O–H groups in total. The summed E-state index contributed by atoms with van der Waals surface area (Å²) in [6.07, 6.45) is 2.59. The van der Waals surface area contributed by atoms with Gasteiger partial charge >= 0.3 is 13.1 Å². The van der Waals surface area contributed by atoms with E-state index in [1.807, 2.05) is 0 Å². The van der Waals surface area contributed by atoms with Gasteiger partial charge in [-0.25, -0.2) is 4.79 Å². The van der Waals surface area contributed by atoms with Gasteiger partial charge in [0.15, 0.2) is 0 Å². The predicted octanol–water partition coefficient (Wildman–Crippen LogP) is 0.181. The third-order valence-corrected chi connectivity index (χ3v) is 4.40. The fourth-order valence-electron chi connectivity index (χ4n) is 3.15. The maximum Gasteiger partial charge on any atom is 0.522 e. The summed E-state index contributed by atoms with van der Waals surface area (Å²) in [7, 11) is -0.984. The maximum absolute atomic E-state index is 11.7. The van der Waals surface area contributed by atoms with Crippen molar-refractivity contribution in [1.82, 2.24) is 20.3 Å². The van der Waals surface area contributed by atoms with Crippen LogP contribution in [0.3, 0.4) is 0 Å². The first-order valence-electron chi connectivity index (χ1n) is 8.07. The zero-order chi connectivity index (χ0) is 17.4. The molecular weight excluding hydrogens is 327 g/mol. The fraction of sp³-hybridized carbons (Fsp3) is 0.400. The molecule has 1 fully saturated rings.